The predicted molar refractivity (Wildman–Crippen MR) is 587 cm³/mol. The lowest BCUT2D eigenvalue weighted by atomic mass is 9.82. The smallest absolute Gasteiger partial charge is 0.0487 e. The average Bonchev–Trinajstić information content (AvgIpc) is 1.58. The molecule has 0 amide bonds. The lowest BCUT2D eigenvalue weighted by Crippen LogP contribution is -2.16. The van der Waals surface area contributed by atoms with E-state index < -0.39 is 0 Å². The van der Waals surface area contributed by atoms with E-state index in [4.69, 9.17) is 0 Å². The van der Waals surface area contributed by atoms with Crippen molar-refractivity contribution in [2.45, 2.75) is 19.3 Å². The minimum absolute atomic E-state index is 0.0124. The summed E-state index contributed by atoms with van der Waals surface area (Å²) in [4.78, 5) is 9.00. The van der Waals surface area contributed by atoms with Gasteiger partial charge in [-0.15, -0.1) is 0 Å². The summed E-state index contributed by atoms with van der Waals surface area (Å²) in [5.74, 6) is 0. The topological polar surface area (TPSA) is 13.0 Å². The second-order valence-electron chi connectivity index (χ2n) is 35.4. The van der Waals surface area contributed by atoms with E-state index in [2.05, 4.69) is 602 Å². The maximum Gasteiger partial charge on any atom is 0.0487 e. The zero-order valence-electron chi connectivity index (χ0n) is 78.3. The maximum absolute atomic E-state index is 2.37. The number of hydrogen-bond donors (Lipinski definition) is 0. The number of anilines is 8. The first-order valence-electron chi connectivity index (χ1n) is 47.1. The zero-order valence-corrected chi connectivity index (χ0v) is 78.3. The molecule has 0 radical (unpaired) electrons. The first-order chi connectivity index (χ1) is 67.3. The quantitative estimate of drug-likeness (QED) is 0.0754. The van der Waals surface area contributed by atoms with Crippen LogP contribution in [0.2, 0.25) is 0 Å². The molecule has 0 aliphatic heterocycles. The summed E-state index contributed by atoms with van der Waals surface area (Å²) in [6.07, 6.45) is 0. The van der Waals surface area contributed by atoms with E-state index >= 15 is 0 Å². The molecule has 4 heteroatoms. The number of rotatable bonds is 20. The van der Waals surface area contributed by atoms with Gasteiger partial charge in [0.2, 0.25) is 0 Å². The van der Waals surface area contributed by atoms with Crippen LogP contribution in [-0.4, -0.2) is 28.2 Å². The third kappa shape index (κ3) is 20.7. The molecule has 0 atom stereocenters. The third-order valence-corrected chi connectivity index (χ3v) is 26.5. The Kier molecular flexibility index (Phi) is 27.1. The molecule has 0 heterocycles. The molecule has 0 unspecified atom stereocenters. The van der Waals surface area contributed by atoms with Gasteiger partial charge in [0.1, 0.15) is 0 Å². The largest absolute Gasteiger partial charge is 0.345 e. The highest BCUT2D eigenvalue weighted by molar-refractivity contribution is 5.88. The van der Waals surface area contributed by atoms with Gasteiger partial charge in [0.05, 0.1) is 0 Å². The van der Waals surface area contributed by atoms with Gasteiger partial charge in [-0.25, -0.2) is 0 Å². The molecule has 21 aromatic carbocycles. The number of nitrogens with zero attached hydrogens (tertiary/aromatic N) is 4. The Morgan fingerprint density at radius 3 is 0.650 bits per heavy atom. The van der Waals surface area contributed by atoms with Crippen LogP contribution in [0.15, 0.2) is 546 Å². The molecule has 0 N–H and O–H groups in total. The highest BCUT2D eigenvalue weighted by Crippen LogP contribution is 2.50. The molecule has 4 nitrogen and oxygen atoms in total. The number of fused-ring (bicyclic) bond motifs is 3. The minimum Gasteiger partial charge on any atom is -0.345 e. The molecular weight excluding hydrogens is 1650 g/mol. The molecule has 660 valence electrons. The Balaban J connectivity index is 0.000000117. The van der Waals surface area contributed by atoms with E-state index in [0.29, 0.717) is 0 Å². The molecular formula is C133H108N4. The summed E-state index contributed by atoms with van der Waals surface area (Å²) in [5, 5.41) is 0. The van der Waals surface area contributed by atoms with Gasteiger partial charge in [-0.1, -0.05) is 451 Å². The van der Waals surface area contributed by atoms with E-state index in [1.54, 1.807) is 0 Å². The fraction of sp³-hybridized carbons (Fsp3) is 0.0526. The Morgan fingerprint density at radius 2 is 0.328 bits per heavy atom. The molecule has 21 aromatic rings. The van der Waals surface area contributed by atoms with Crippen molar-refractivity contribution >= 4 is 45.5 Å². The molecule has 1 aliphatic rings. The van der Waals surface area contributed by atoms with Crippen molar-refractivity contribution in [3.05, 3.63) is 557 Å². The summed E-state index contributed by atoms with van der Waals surface area (Å²) >= 11 is 0. The normalized spacial score (nSPS) is 11.3. The van der Waals surface area contributed by atoms with Crippen molar-refractivity contribution < 1.29 is 0 Å². The lowest BCUT2D eigenvalue weighted by Gasteiger charge is -2.25. The van der Waals surface area contributed by atoms with E-state index in [1.165, 1.54) is 184 Å². The average molecular weight is 1760 g/mol. The lowest BCUT2D eigenvalue weighted by molar-refractivity contribution is 0.660. The molecule has 137 heavy (non-hydrogen) atoms. The Hall–Kier alpha value is -17.2. The first-order valence-corrected chi connectivity index (χ1v) is 47.1. The number of para-hydroxylation sites is 1. The minimum atomic E-state index is 0.0124. The van der Waals surface area contributed by atoms with Crippen molar-refractivity contribution in [2.75, 3.05) is 47.8 Å². The molecule has 0 fully saturated rings. The zero-order chi connectivity index (χ0) is 93.2. The van der Waals surface area contributed by atoms with E-state index in [0.717, 1.165) is 17.1 Å². The predicted octanol–water partition coefficient (Wildman–Crippen LogP) is 36.1. The molecule has 0 spiro atoms. The van der Waals surface area contributed by atoms with Crippen LogP contribution in [0, 0.1) is 0 Å². The van der Waals surface area contributed by atoms with Crippen LogP contribution >= 0.6 is 0 Å². The van der Waals surface area contributed by atoms with Crippen LogP contribution in [0.3, 0.4) is 0 Å². The first kappa shape index (κ1) is 89.1. The molecule has 0 bridgehead atoms. The number of hydrogen-bond acceptors (Lipinski definition) is 4. The van der Waals surface area contributed by atoms with Gasteiger partial charge in [0, 0.05) is 84.7 Å². The molecule has 0 aromatic heterocycles. The van der Waals surface area contributed by atoms with Crippen molar-refractivity contribution in [2.24, 2.45) is 0 Å². The van der Waals surface area contributed by atoms with Crippen LogP contribution in [-0.2, 0) is 5.41 Å². The van der Waals surface area contributed by atoms with Crippen molar-refractivity contribution in [3.8, 4) is 145 Å². The summed E-state index contributed by atoms with van der Waals surface area (Å²) in [5.41, 5.74) is 44.5. The van der Waals surface area contributed by atoms with Crippen LogP contribution in [0.5, 0.6) is 0 Å². The second kappa shape index (κ2) is 41.7. The van der Waals surface area contributed by atoms with Gasteiger partial charge in [-0.3, -0.25) is 0 Å². The highest BCUT2D eigenvalue weighted by Gasteiger charge is 2.35. The molecule has 0 saturated carbocycles. The van der Waals surface area contributed by atoms with Crippen LogP contribution < -0.4 is 19.6 Å². The second-order valence-corrected chi connectivity index (χ2v) is 35.4. The van der Waals surface area contributed by atoms with Crippen LogP contribution in [0.25, 0.3) is 145 Å². The maximum atomic E-state index is 2.37. The standard InChI is InChI=1S/C37H29N.C34H29N.2C31H25N/c1-38(36-21-17-31(18-22-36)28-11-5-2-6-12-28)37-23-19-32(20-24-37)35-26-33(29-13-7-3-8-14-29)25-34(27-35)30-15-9-4-10-16-30;1-34(2)32-12-8-7-11-30(32)31-22-21-29(23-33(31)34)35(3)28-19-17-27(18-20-28)26-15-13-25(14-16-26)24-9-5-4-6-10-24;1-32(31-15-9-8-14-30(31)28-12-6-3-7-13-28)29-22-20-27(21-23-29)26-18-16-25(17-19-26)24-10-4-2-5-11-24;1-32(31-14-8-13-29(23-31)25-11-6-3-7-12-25)30-21-19-28(20-22-30)27-17-15-26(16-18-27)24-9-4-2-5-10-24/h2-27H,1H3;4-23H,1-3H3;2*2-23H,1H3. The van der Waals surface area contributed by atoms with Gasteiger partial charge in [-0.2, -0.15) is 0 Å². The molecule has 0 saturated heterocycles. The van der Waals surface area contributed by atoms with Crippen molar-refractivity contribution in [3.63, 3.8) is 0 Å². The fourth-order valence-electron chi connectivity index (χ4n) is 18.5. The van der Waals surface area contributed by atoms with Gasteiger partial charge in [-0.05, 0) is 259 Å². The fourth-order valence-corrected chi connectivity index (χ4v) is 18.5. The van der Waals surface area contributed by atoms with Gasteiger partial charge in [0.15, 0.2) is 0 Å². The van der Waals surface area contributed by atoms with Gasteiger partial charge < -0.3 is 19.6 Å². The SMILES string of the molecule is CN(c1ccc(-c2ccc(-c3ccccc3)cc2)cc1)c1ccc2c(c1)C(C)(C)c1ccccc1-2.CN(c1ccc(-c2ccc(-c3ccccc3)cc2)cc1)c1cccc(-c2ccccc2)c1.CN(c1ccc(-c2ccc(-c3ccccc3)cc2)cc1)c1ccccc1-c1ccccc1.CN(c1ccc(-c2ccccc2)cc1)c1ccc(-c2cc(-c3ccccc3)cc(-c3ccccc3)c2)cc1. The third-order valence-electron chi connectivity index (χ3n) is 26.5. The summed E-state index contributed by atoms with van der Waals surface area (Å²) in [7, 11) is 8.52. The Morgan fingerprint density at radius 1 is 0.124 bits per heavy atom. The van der Waals surface area contributed by atoms with Gasteiger partial charge >= 0.3 is 0 Å². The highest BCUT2D eigenvalue weighted by atomic mass is 15.1. The van der Waals surface area contributed by atoms with Crippen molar-refractivity contribution in [1.82, 2.24) is 0 Å². The van der Waals surface area contributed by atoms with E-state index in [1.807, 2.05) is 6.07 Å². The summed E-state index contributed by atoms with van der Waals surface area (Å²) < 4.78 is 0. The summed E-state index contributed by atoms with van der Waals surface area (Å²) in [6.45, 7) is 4.67. The number of benzene rings is 21. The van der Waals surface area contributed by atoms with E-state index in [-0.39, 0.29) is 5.41 Å². The van der Waals surface area contributed by atoms with E-state index in [9.17, 15) is 0 Å². The van der Waals surface area contributed by atoms with Crippen LogP contribution in [0.1, 0.15) is 25.0 Å². The summed E-state index contributed by atoms with van der Waals surface area (Å²) in [6, 6.07) is 195. The van der Waals surface area contributed by atoms with Crippen LogP contribution in [0.4, 0.5) is 45.5 Å². The Bertz CT molecular complexity index is 7460. The monoisotopic (exact) mass is 1760 g/mol. The van der Waals surface area contributed by atoms with Crippen molar-refractivity contribution in [1.29, 1.82) is 0 Å². The molecule has 1 aliphatic carbocycles. The van der Waals surface area contributed by atoms with Gasteiger partial charge in [0.25, 0.3) is 0 Å². The molecule has 22 rings (SSSR count). The Labute approximate surface area is 808 Å².